The molecule has 0 spiro atoms. The van der Waals surface area contributed by atoms with Gasteiger partial charge < -0.3 is 4.98 Å². The summed E-state index contributed by atoms with van der Waals surface area (Å²) in [4.78, 5) is 16.5. The third-order valence-electron chi connectivity index (χ3n) is 2.92. The maximum Gasteiger partial charge on any atom is 0.137 e. The summed E-state index contributed by atoms with van der Waals surface area (Å²) in [6.45, 7) is 2.05. The van der Waals surface area contributed by atoms with Crippen LogP contribution in [0.5, 0.6) is 0 Å². The number of fused-ring (bicyclic) bond motifs is 1. The lowest BCUT2D eigenvalue weighted by Crippen LogP contribution is -2.01. The fraction of sp³-hybridized carbons (Fsp3) is 0.214. The van der Waals surface area contributed by atoms with E-state index in [0.717, 1.165) is 29.0 Å². The predicted octanol–water partition coefficient (Wildman–Crippen LogP) is 3.16. The van der Waals surface area contributed by atoms with Gasteiger partial charge in [-0.15, -0.1) is 0 Å². The Morgan fingerprint density at radius 1 is 1.16 bits per heavy atom. The van der Waals surface area contributed by atoms with Gasteiger partial charge in [0.05, 0.1) is 17.5 Å². The van der Waals surface area contributed by atoms with Gasteiger partial charge in [-0.05, 0) is 24.6 Å². The molecule has 0 fully saturated rings. The van der Waals surface area contributed by atoms with Gasteiger partial charge in [-0.3, -0.25) is 0 Å². The SMILES string of the molecule is CCc1cc(Cl)nc(Cc2nc3ccccc3[nH]2)n1. The normalized spacial score (nSPS) is 11.1. The van der Waals surface area contributed by atoms with Gasteiger partial charge in [-0.2, -0.15) is 0 Å². The van der Waals surface area contributed by atoms with Crippen LogP contribution in [-0.4, -0.2) is 19.9 Å². The van der Waals surface area contributed by atoms with Gasteiger partial charge in [0, 0.05) is 5.69 Å². The number of aromatic amines is 1. The number of hydrogen-bond acceptors (Lipinski definition) is 3. The highest BCUT2D eigenvalue weighted by Gasteiger charge is 2.07. The Hall–Kier alpha value is -1.94. The van der Waals surface area contributed by atoms with Crippen molar-refractivity contribution < 1.29 is 0 Å². The van der Waals surface area contributed by atoms with Crippen LogP contribution in [0.25, 0.3) is 11.0 Å². The highest BCUT2D eigenvalue weighted by molar-refractivity contribution is 6.29. The average Bonchev–Trinajstić information content (AvgIpc) is 2.80. The minimum absolute atomic E-state index is 0.484. The fourth-order valence-electron chi connectivity index (χ4n) is 2.02. The van der Waals surface area contributed by atoms with E-state index in [1.54, 1.807) is 6.07 Å². The lowest BCUT2D eigenvalue weighted by Gasteiger charge is -2.01. The minimum Gasteiger partial charge on any atom is -0.342 e. The number of H-pyrrole nitrogens is 1. The number of imidazole rings is 1. The summed E-state index contributed by atoms with van der Waals surface area (Å²) in [7, 11) is 0. The molecule has 0 bridgehead atoms. The van der Waals surface area contributed by atoms with Crippen molar-refractivity contribution in [2.75, 3.05) is 0 Å². The molecule has 0 aliphatic heterocycles. The van der Waals surface area contributed by atoms with Gasteiger partial charge >= 0.3 is 0 Å². The van der Waals surface area contributed by atoms with Crippen LogP contribution in [0, 0.1) is 0 Å². The van der Waals surface area contributed by atoms with Crippen molar-refractivity contribution in [3.63, 3.8) is 0 Å². The first kappa shape index (κ1) is 12.1. The largest absolute Gasteiger partial charge is 0.342 e. The Bertz CT molecular complexity index is 687. The van der Waals surface area contributed by atoms with E-state index >= 15 is 0 Å². The highest BCUT2D eigenvalue weighted by Crippen LogP contribution is 2.14. The number of halogens is 1. The number of benzene rings is 1. The van der Waals surface area contributed by atoms with E-state index in [-0.39, 0.29) is 0 Å². The molecule has 2 heterocycles. The van der Waals surface area contributed by atoms with E-state index in [4.69, 9.17) is 11.6 Å². The molecule has 2 aromatic heterocycles. The van der Waals surface area contributed by atoms with Crippen molar-refractivity contribution in [2.24, 2.45) is 0 Å². The van der Waals surface area contributed by atoms with Crippen LogP contribution in [0.4, 0.5) is 0 Å². The van der Waals surface area contributed by atoms with Gasteiger partial charge in [0.15, 0.2) is 0 Å². The van der Waals surface area contributed by atoms with E-state index in [1.807, 2.05) is 31.2 Å². The molecular formula is C14H13ClN4. The summed E-state index contributed by atoms with van der Waals surface area (Å²) >= 11 is 5.99. The Morgan fingerprint density at radius 3 is 2.79 bits per heavy atom. The lowest BCUT2D eigenvalue weighted by molar-refractivity contribution is 0.877. The summed E-state index contributed by atoms with van der Waals surface area (Å²) in [5, 5.41) is 0.484. The number of nitrogens with zero attached hydrogens (tertiary/aromatic N) is 3. The van der Waals surface area contributed by atoms with E-state index in [1.165, 1.54) is 0 Å². The molecular weight excluding hydrogens is 260 g/mol. The zero-order chi connectivity index (χ0) is 13.2. The van der Waals surface area contributed by atoms with E-state index in [2.05, 4.69) is 19.9 Å². The van der Waals surface area contributed by atoms with E-state index < -0.39 is 0 Å². The summed E-state index contributed by atoms with van der Waals surface area (Å²) in [6.07, 6.45) is 1.40. The van der Waals surface area contributed by atoms with Crippen molar-refractivity contribution in [1.29, 1.82) is 0 Å². The van der Waals surface area contributed by atoms with Crippen LogP contribution in [0.3, 0.4) is 0 Å². The second kappa shape index (κ2) is 4.97. The Morgan fingerprint density at radius 2 is 2.00 bits per heavy atom. The third kappa shape index (κ3) is 2.58. The van der Waals surface area contributed by atoms with Crippen molar-refractivity contribution in [3.8, 4) is 0 Å². The standard InChI is InChI=1S/C14H13ClN4/c1-2-9-7-12(15)19-13(16-9)8-14-17-10-5-3-4-6-11(10)18-14/h3-7H,2,8H2,1H3,(H,17,18). The molecule has 3 aromatic rings. The molecule has 96 valence electrons. The first-order valence-electron chi connectivity index (χ1n) is 6.20. The van der Waals surface area contributed by atoms with Crippen LogP contribution >= 0.6 is 11.6 Å². The summed E-state index contributed by atoms with van der Waals surface area (Å²) in [5.41, 5.74) is 2.93. The second-order valence-electron chi connectivity index (χ2n) is 4.33. The first-order valence-corrected chi connectivity index (χ1v) is 6.58. The third-order valence-corrected chi connectivity index (χ3v) is 3.11. The van der Waals surface area contributed by atoms with Gasteiger partial charge in [0.2, 0.25) is 0 Å². The molecule has 0 unspecified atom stereocenters. The highest BCUT2D eigenvalue weighted by atomic mass is 35.5. The molecule has 0 saturated heterocycles. The van der Waals surface area contributed by atoms with Crippen molar-refractivity contribution >= 4 is 22.6 Å². The second-order valence-corrected chi connectivity index (χ2v) is 4.72. The molecule has 0 saturated carbocycles. The average molecular weight is 273 g/mol. The van der Waals surface area contributed by atoms with Gasteiger partial charge in [-0.25, -0.2) is 15.0 Å². The maximum atomic E-state index is 5.99. The van der Waals surface area contributed by atoms with E-state index in [0.29, 0.717) is 17.4 Å². The van der Waals surface area contributed by atoms with Crippen LogP contribution in [0.1, 0.15) is 24.3 Å². The summed E-state index contributed by atoms with van der Waals surface area (Å²) in [6, 6.07) is 9.73. The zero-order valence-corrected chi connectivity index (χ0v) is 11.3. The number of hydrogen-bond donors (Lipinski definition) is 1. The lowest BCUT2D eigenvalue weighted by atomic mass is 10.3. The zero-order valence-electron chi connectivity index (χ0n) is 10.5. The Kier molecular flexibility index (Phi) is 3.17. The number of aromatic nitrogens is 4. The van der Waals surface area contributed by atoms with Crippen molar-refractivity contribution in [1.82, 2.24) is 19.9 Å². The first-order chi connectivity index (χ1) is 9.24. The smallest absolute Gasteiger partial charge is 0.137 e. The molecule has 0 aliphatic rings. The molecule has 1 aromatic carbocycles. The number of rotatable bonds is 3. The Labute approximate surface area is 115 Å². The maximum absolute atomic E-state index is 5.99. The molecule has 1 N–H and O–H groups in total. The molecule has 0 amide bonds. The molecule has 0 radical (unpaired) electrons. The number of nitrogens with one attached hydrogen (secondary N) is 1. The van der Waals surface area contributed by atoms with Crippen LogP contribution in [0.15, 0.2) is 30.3 Å². The molecule has 19 heavy (non-hydrogen) atoms. The topological polar surface area (TPSA) is 54.5 Å². The van der Waals surface area contributed by atoms with Gasteiger partial charge in [-0.1, -0.05) is 30.7 Å². The van der Waals surface area contributed by atoms with Gasteiger partial charge in [0.1, 0.15) is 16.8 Å². The van der Waals surface area contributed by atoms with Crippen molar-refractivity contribution in [2.45, 2.75) is 19.8 Å². The predicted molar refractivity (Wildman–Crippen MR) is 75.3 cm³/mol. The Balaban J connectivity index is 1.94. The number of para-hydroxylation sites is 2. The minimum atomic E-state index is 0.484. The van der Waals surface area contributed by atoms with Crippen LogP contribution < -0.4 is 0 Å². The van der Waals surface area contributed by atoms with Gasteiger partial charge in [0.25, 0.3) is 0 Å². The fourth-order valence-corrected chi connectivity index (χ4v) is 2.24. The van der Waals surface area contributed by atoms with E-state index in [9.17, 15) is 0 Å². The summed E-state index contributed by atoms with van der Waals surface area (Å²) in [5.74, 6) is 1.55. The number of aryl methyl sites for hydroxylation is 1. The molecule has 5 heteroatoms. The molecule has 0 atom stereocenters. The summed E-state index contributed by atoms with van der Waals surface area (Å²) < 4.78 is 0. The monoisotopic (exact) mass is 272 g/mol. The van der Waals surface area contributed by atoms with Crippen molar-refractivity contribution in [3.05, 3.63) is 52.8 Å². The molecule has 4 nitrogen and oxygen atoms in total. The van der Waals surface area contributed by atoms with Crippen LogP contribution in [-0.2, 0) is 12.8 Å². The molecule has 3 rings (SSSR count). The molecule has 0 aliphatic carbocycles. The quantitative estimate of drug-likeness (QED) is 0.745. The van der Waals surface area contributed by atoms with Crippen LogP contribution in [0.2, 0.25) is 5.15 Å².